The van der Waals surface area contributed by atoms with Crippen LogP contribution in [-0.4, -0.2) is 49.0 Å². The second-order valence-corrected chi connectivity index (χ2v) is 5.40. The van der Waals surface area contributed by atoms with Gasteiger partial charge in [0.05, 0.1) is 19.2 Å². The molecule has 0 radical (unpaired) electrons. The molecule has 6 heteroatoms. The molecule has 1 amide bonds. The molecule has 0 aliphatic heterocycles. The number of carbonyl (C=O) groups is 1. The summed E-state index contributed by atoms with van der Waals surface area (Å²) in [6.45, 7) is 5.39. The number of nitrogens with zero attached hydrogens (tertiary/aromatic N) is 4. The fourth-order valence-corrected chi connectivity index (χ4v) is 2.54. The van der Waals surface area contributed by atoms with E-state index in [0.29, 0.717) is 6.54 Å². The van der Waals surface area contributed by atoms with Crippen molar-refractivity contribution >= 4 is 5.91 Å². The number of methoxy groups -OCH3 is 1. The number of hydrogen-bond acceptors (Lipinski definition) is 5. The van der Waals surface area contributed by atoms with E-state index >= 15 is 0 Å². The highest BCUT2D eigenvalue weighted by atomic mass is 16.5. The minimum atomic E-state index is -0.172. The zero-order valence-corrected chi connectivity index (χ0v) is 14.5. The predicted molar refractivity (Wildman–Crippen MR) is 91.1 cm³/mol. The molecular formula is C18H24N4O2. The van der Waals surface area contributed by atoms with Crippen LogP contribution in [0.25, 0.3) is 0 Å². The molecule has 0 saturated heterocycles. The predicted octanol–water partition coefficient (Wildman–Crippen LogP) is 2.34. The molecule has 128 valence electrons. The van der Waals surface area contributed by atoms with Gasteiger partial charge in [0, 0.05) is 19.0 Å². The SMILES string of the molecule is CCN(CCC(=O)N(CC#N)CC#N)C(C)c1cccc(OC)c1. The van der Waals surface area contributed by atoms with Gasteiger partial charge >= 0.3 is 0 Å². The standard InChI is InChI=1S/C18H24N4O2/c1-4-21(11-8-18(23)22(12-9-19)13-10-20)15(2)16-6-5-7-17(14-16)24-3/h5-7,14-15H,4,8,11-13H2,1-3H3. The number of ether oxygens (including phenoxy) is 1. The smallest absolute Gasteiger partial charge is 0.225 e. The molecule has 0 fully saturated rings. The summed E-state index contributed by atoms with van der Waals surface area (Å²) in [5.41, 5.74) is 1.12. The minimum absolute atomic E-state index is 0.0516. The van der Waals surface area contributed by atoms with Gasteiger partial charge in [-0.3, -0.25) is 9.69 Å². The van der Waals surface area contributed by atoms with E-state index in [1.54, 1.807) is 7.11 Å². The van der Waals surface area contributed by atoms with Crippen LogP contribution in [0.5, 0.6) is 5.75 Å². The molecule has 6 nitrogen and oxygen atoms in total. The topological polar surface area (TPSA) is 80.4 Å². The molecule has 0 aliphatic rings. The van der Waals surface area contributed by atoms with Crippen molar-refractivity contribution < 1.29 is 9.53 Å². The van der Waals surface area contributed by atoms with Gasteiger partial charge in [0.25, 0.3) is 0 Å². The van der Waals surface area contributed by atoms with Crippen molar-refractivity contribution in [2.75, 3.05) is 33.3 Å². The number of amides is 1. The third-order valence-corrected chi connectivity index (χ3v) is 4.02. The molecule has 0 aliphatic carbocycles. The van der Waals surface area contributed by atoms with Crippen LogP contribution in [0.2, 0.25) is 0 Å². The van der Waals surface area contributed by atoms with Crippen LogP contribution in [0.15, 0.2) is 24.3 Å². The van der Waals surface area contributed by atoms with Crippen molar-refractivity contribution in [3.63, 3.8) is 0 Å². The van der Waals surface area contributed by atoms with Gasteiger partial charge in [-0.05, 0) is 31.2 Å². The fourth-order valence-electron chi connectivity index (χ4n) is 2.54. The summed E-state index contributed by atoms with van der Waals surface area (Å²) in [5.74, 6) is 0.634. The second-order valence-electron chi connectivity index (χ2n) is 5.40. The molecule has 0 spiro atoms. The first-order valence-electron chi connectivity index (χ1n) is 7.97. The van der Waals surface area contributed by atoms with E-state index in [2.05, 4.69) is 11.8 Å². The monoisotopic (exact) mass is 328 g/mol. The Morgan fingerprint density at radius 2 is 1.96 bits per heavy atom. The number of hydrogen-bond donors (Lipinski definition) is 0. The lowest BCUT2D eigenvalue weighted by Crippen LogP contribution is -2.36. The van der Waals surface area contributed by atoms with E-state index in [0.717, 1.165) is 17.9 Å². The van der Waals surface area contributed by atoms with E-state index in [4.69, 9.17) is 15.3 Å². The van der Waals surface area contributed by atoms with Gasteiger partial charge in [-0.2, -0.15) is 10.5 Å². The maximum absolute atomic E-state index is 12.2. The largest absolute Gasteiger partial charge is 0.497 e. The van der Waals surface area contributed by atoms with Crippen molar-refractivity contribution in [2.24, 2.45) is 0 Å². The molecule has 1 atom stereocenters. The Labute approximate surface area is 143 Å². The Kier molecular flexibility index (Phi) is 8.32. The Bertz CT molecular complexity index is 602. The van der Waals surface area contributed by atoms with Gasteiger partial charge in [-0.1, -0.05) is 19.1 Å². The molecule has 0 saturated carbocycles. The van der Waals surface area contributed by atoms with Gasteiger partial charge in [-0.15, -0.1) is 0 Å². The molecule has 0 aromatic heterocycles. The number of carbonyl (C=O) groups excluding carboxylic acids is 1. The van der Waals surface area contributed by atoms with Crippen molar-refractivity contribution in [3.8, 4) is 17.9 Å². The molecule has 1 aromatic rings. The van der Waals surface area contributed by atoms with E-state index in [9.17, 15) is 4.79 Å². The maximum Gasteiger partial charge on any atom is 0.225 e. The summed E-state index contributed by atoms with van der Waals surface area (Å²) in [5, 5.41) is 17.5. The van der Waals surface area contributed by atoms with E-state index in [-0.39, 0.29) is 31.5 Å². The highest BCUT2D eigenvalue weighted by Crippen LogP contribution is 2.24. The summed E-state index contributed by atoms with van der Waals surface area (Å²) in [7, 11) is 1.64. The number of nitriles is 2. The summed E-state index contributed by atoms with van der Waals surface area (Å²) in [4.78, 5) is 15.6. The van der Waals surface area contributed by atoms with Crippen molar-refractivity contribution in [1.82, 2.24) is 9.80 Å². The lowest BCUT2D eigenvalue weighted by Gasteiger charge is -2.29. The van der Waals surface area contributed by atoms with Crippen molar-refractivity contribution in [2.45, 2.75) is 26.3 Å². The Morgan fingerprint density at radius 3 is 2.50 bits per heavy atom. The van der Waals surface area contributed by atoms with Gasteiger partial charge in [0.2, 0.25) is 5.91 Å². The number of benzene rings is 1. The molecule has 0 bridgehead atoms. The normalized spacial score (nSPS) is 11.4. The van der Waals surface area contributed by atoms with E-state index < -0.39 is 0 Å². The second kappa shape index (κ2) is 10.3. The third-order valence-electron chi connectivity index (χ3n) is 4.02. The molecule has 1 unspecified atom stereocenters. The van der Waals surface area contributed by atoms with Gasteiger partial charge in [0.15, 0.2) is 0 Å². The van der Waals surface area contributed by atoms with Crippen molar-refractivity contribution in [3.05, 3.63) is 29.8 Å². The maximum atomic E-state index is 12.2. The Morgan fingerprint density at radius 1 is 1.29 bits per heavy atom. The molecular weight excluding hydrogens is 304 g/mol. The minimum Gasteiger partial charge on any atom is -0.497 e. The zero-order chi connectivity index (χ0) is 17.9. The van der Waals surface area contributed by atoms with Crippen LogP contribution in [-0.2, 0) is 4.79 Å². The van der Waals surface area contributed by atoms with Gasteiger partial charge in [0.1, 0.15) is 18.8 Å². The molecule has 1 rings (SSSR count). The first kappa shape index (κ1) is 19.5. The van der Waals surface area contributed by atoms with Crippen LogP contribution < -0.4 is 4.74 Å². The summed E-state index contributed by atoms with van der Waals surface area (Å²) < 4.78 is 5.26. The van der Waals surface area contributed by atoms with Crippen LogP contribution >= 0.6 is 0 Å². The highest BCUT2D eigenvalue weighted by Gasteiger charge is 2.18. The Hall–Kier alpha value is -2.57. The zero-order valence-electron chi connectivity index (χ0n) is 14.5. The van der Waals surface area contributed by atoms with Crippen LogP contribution in [0.1, 0.15) is 31.9 Å². The highest BCUT2D eigenvalue weighted by molar-refractivity contribution is 5.76. The average molecular weight is 328 g/mol. The first-order valence-corrected chi connectivity index (χ1v) is 7.97. The lowest BCUT2D eigenvalue weighted by atomic mass is 10.1. The van der Waals surface area contributed by atoms with E-state index in [1.165, 1.54) is 4.90 Å². The first-order chi connectivity index (χ1) is 11.6. The molecule has 1 aromatic carbocycles. The summed E-state index contributed by atoms with van der Waals surface area (Å²) in [6.07, 6.45) is 0.283. The average Bonchev–Trinajstić information content (AvgIpc) is 2.61. The van der Waals surface area contributed by atoms with Crippen molar-refractivity contribution in [1.29, 1.82) is 10.5 Å². The quantitative estimate of drug-likeness (QED) is 0.650. The number of rotatable bonds is 9. The summed E-state index contributed by atoms with van der Waals surface area (Å²) in [6, 6.07) is 11.9. The molecule has 0 N–H and O–H groups in total. The van der Waals surface area contributed by atoms with Gasteiger partial charge < -0.3 is 9.64 Å². The fraction of sp³-hybridized carbons (Fsp3) is 0.500. The summed E-state index contributed by atoms with van der Waals surface area (Å²) >= 11 is 0. The van der Waals surface area contributed by atoms with Crippen LogP contribution in [0, 0.1) is 22.7 Å². The van der Waals surface area contributed by atoms with Crippen LogP contribution in [0.4, 0.5) is 0 Å². The molecule has 0 heterocycles. The van der Waals surface area contributed by atoms with Crippen LogP contribution in [0.3, 0.4) is 0 Å². The third kappa shape index (κ3) is 5.57. The Balaban J connectivity index is 2.71. The van der Waals surface area contributed by atoms with Gasteiger partial charge in [-0.25, -0.2) is 0 Å². The van der Waals surface area contributed by atoms with E-state index in [1.807, 2.05) is 43.3 Å². The molecule has 24 heavy (non-hydrogen) atoms. The lowest BCUT2D eigenvalue weighted by molar-refractivity contribution is -0.130.